The molecule has 2 amide bonds. The van der Waals surface area contributed by atoms with Gasteiger partial charge in [0.1, 0.15) is 24.3 Å². The van der Waals surface area contributed by atoms with Crippen LogP contribution in [0.2, 0.25) is 0 Å². The second-order valence-corrected chi connectivity index (χ2v) is 13.0. The lowest BCUT2D eigenvalue weighted by molar-refractivity contribution is -0.139. The maximum atomic E-state index is 14.9. The first kappa shape index (κ1) is 38.4. The van der Waals surface area contributed by atoms with Crippen LogP contribution in [0.15, 0.2) is 48.0 Å². The highest BCUT2D eigenvalue weighted by Gasteiger charge is 2.41. The van der Waals surface area contributed by atoms with E-state index >= 15 is 0 Å². The summed E-state index contributed by atoms with van der Waals surface area (Å²) in [5, 5.41) is 23.7. The van der Waals surface area contributed by atoms with Crippen LogP contribution in [0.5, 0.6) is 11.5 Å². The number of amides is 2. The normalized spacial score (nSPS) is 17.5. The fraction of sp³-hybridized carbons (Fsp3) is 0.528. The number of aliphatic hydroxyl groups is 2. The summed E-state index contributed by atoms with van der Waals surface area (Å²) in [7, 11) is 1.43. The summed E-state index contributed by atoms with van der Waals surface area (Å²) < 4.78 is 27.2. The predicted molar refractivity (Wildman–Crippen MR) is 187 cm³/mol. The lowest BCUT2D eigenvalue weighted by atomic mass is 9.87. The van der Waals surface area contributed by atoms with Crippen molar-refractivity contribution in [2.24, 2.45) is 0 Å². The maximum Gasteiger partial charge on any atom is 0.247 e. The van der Waals surface area contributed by atoms with Crippen molar-refractivity contribution < 1.29 is 38.5 Å². The van der Waals surface area contributed by atoms with E-state index in [0.29, 0.717) is 27.4 Å². The van der Waals surface area contributed by atoms with Crippen LogP contribution >= 0.6 is 22.6 Å². The van der Waals surface area contributed by atoms with Gasteiger partial charge in [-0.25, -0.2) is 4.39 Å². The van der Waals surface area contributed by atoms with E-state index in [-0.39, 0.29) is 55.5 Å². The van der Waals surface area contributed by atoms with E-state index in [1.807, 2.05) is 22.6 Å². The standard InChI is InChI=1S/C36H48FIN2O7/c1-3-4-5-6-7-8-9-10-11-16-33(43)40(23-26-14-12-13-15-28(26)37)30-21-27(36(45)39-17-18-41)22-31(34(30)44)47-35-29(38)19-25(24-42)20-32(35)46-2/h12-15,19-20,22,24,30-31,34,41,44H,3-11,16-18,21,23H2,1-2H3,(H,39,45)/t30-,31+,34+/m1/s1. The molecule has 0 bridgehead atoms. The van der Waals surface area contributed by atoms with Gasteiger partial charge in [0.05, 0.1) is 23.3 Å². The zero-order chi connectivity index (χ0) is 34.2. The molecule has 2 aromatic carbocycles. The molecule has 2 aromatic rings. The Kier molecular flexibility index (Phi) is 16.6. The Morgan fingerprint density at radius 2 is 1.77 bits per heavy atom. The Hall–Kier alpha value is -3.03. The molecule has 9 nitrogen and oxygen atoms in total. The van der Waals surface area contributed by atoms with Crippen molar-refractivity contribution in [3.63, 3.8) is 0 Å². The fourth-order valence-corrected chi connectivity index (χ4v) is 6.52. The zero-order valence-corrected chi connectivity index (χ0v) is 29.5. The number of hydrogen-bond donors (Lipinski definition) is 3. The smallest absolute Gasteiger partial charge is 0.247 e. The lowest BCUT2D eigenvalue weighted by Crippen LogP contribution is -2.54. The van der Waals surface area contributed by atoms with Gasteiger partial charge in [-0.3, -0.25) is 14.4 Å². The molecule has 47 heavy (non-hydrogen) atoms. The van der Waals surface area contributed by atoms with Crippen LogP contribution in [0.1, 0.15) is 93.5 Å². The third-order valence-corrected chi connectivity index (χ3v) is 9.17. The van der Waals surface area contributed by atoms with Gasteiger partial charge >= 0.3 is 0 Å². The van der Waals surface area contributed by atoms with E-state index < -0.39 is 30.0 Å². The van der Waals surface area contributed by atoms with Crippen molar-refractivity contribution in [3.8, 4) is 11.5 Å². The third kappa shape index (κ3) is 11.6. The third-order valence-electron chi connectivity index (χ3n) is 8.37. The van der Waals surface area contributed by atoms with Gasteiger partial charge in [0.25, 0.3) is 0 Å². The fourth-order valence-electron chi connectivity index (χ4n) is 5.77. The van der Waals surface area contributed by atoms with E-state index in [2.05, 4.69) is 12.2 Å². The Morgan fingerprint density at radius 3 is 2.40 bits per heavy atom. The van der Waals surface area contributed by atoms with Gasteiger partial charge in [-0.2, -0.15) is 0 Å². The van der Waals surface area contributed by atoms with Gasteiger partial charge in [0, 0.05) is 42.6 Å². The number of halogens is 2. The number of methoxy groups -OCH3 is 1. The molecule has 0 radical (unpaired) electrons. The number of carbonyl (C=O) groups excluding carboxylic acids is 3. The molecule has 0 aliphatic heterocycles. The molecule has 0 aromatic heterocycles. The molecule has 258 valence electrons. The number of rotatable bonds is 20. The first-order chi connectivity index (χ1) is 22.7. The molecule has 3 atom stereocenters. The molecule has 0 unspecified atom stereocenters. The Morgan fingerprint density at radius 1 is 1.09 bits per heavy atom. The van der Waals surface area contributed by atoms with Gasteiger partial charge in [0.15, 0.2) is 11.5 Å². The number of benzene rings is 2. The number of ether oxygens (including phenoxy) is 2. The number of unbranched alkanes of at least 4 members (excludes halogenated alkanes) is 8. The number of nitrogens with one attached hydrogen (secondary N) is 1. The summed E-state index contributed by atoms with van der Waals surface area (Å²) in [5.74, 6) is -0.676. The first-order valence-electron chi connectivity index (χ1n) is 16.5. The number of aldehydes is 1. The largest absolute Gasteiger partial charge is 0.493 e. The molecule has 0 saturated carbocycles. The molecule has 3 N–H and O–H groups in total. The molecule has 1 aliphatic carbocycles. The SMILES string of the molecule is CCCCCCCCCCCC(=O)N(Cc1ccccc1F)[C@@H]1CC(C(=O)NCCO)=C[C@H](Oc2c(I)cc(C=O)cc2OC)[C@H]1O. The van der Waals surface area contributed by atoms with E-state index in [0.717, 1.165) is 19.3 Å². The minimum atomic E-state index is -1.30. The summed E-state index contributed by atoms with van der Waals surface area (Å²) in [5.41, 5.74) is 0.921. The minimum absolute atomic E-state index is 0.00541. The van der Waals surface area contributed by atoms with E-state index in [1.54, 1.807) is 24.3 Å². The van der Waals surface area contributed by atoms with Crippen molar-refractivity contribution in [1.29, 1.82) is 0 Å². The van der Waals surface area contributed by atoms with E-state index in [9.17, 15) is 29.0 Å². The van der Waals surface area contributed by atoms with Crippen molar-refractivity contribution >= 4 is 40.7 Å². The first-order valence-corrected chi connectivity index (χ1v) is 17.6. The summed E-state index contributed by atoms with van der Waals surface area (Å²) in [6.07, 6.45) is 9.79. The zero-order valence-electron chi connectivity index (χ0n) is 27.4. The topological polar surface area (TPSA) is 125 Å². The predicted octanol–water partition coefficient (Wildman–Crippen LogP) is 6.12. The van der Waals surface area contributed by atoms with Crippen LogP contribution in [-0.2, 0) is 16.1 Å². The summed E-state index contributed by atoms with van der Waals surface area (Å²) >= 11 is 2.00. The van der Waals surface area contributed by atoms with Gasteiger partial charge in [-0.1, -0.05) is 76.5 Å². The Balaban J connectivity index is 1.89. The quantitative estimate of drug-likeness (QED) is 0.0844. The van der Waals surface area contributed by atoms with Crippen LogP contribution < -0.4 is 14.8 Å². The highest BCUT2D eigenvalue weighted by molar-refractivity contribution is 14.1. The molecule has 0 fully saturated rings. The van der Waals surface area contributed by atoms with Crippen LogP contribution in [0.25, 0.3) is 0 Å². The highest BCUT2D eigenvalue weighted by atomic mass is 127. The average Bonchev–Trinajstić information content (AvgIpc) is 3.07. The van der Waals surface area contributed by atoms with Crippen LogP contribution in [0, 0.1) is 9.39 Å². The summed E-state index contributed by atoms with van der Waals surface area (Å²) in [6, 6.07) is 8.38. The van der Waals surface area contributed by atoms with Crippen molar-refractivity contribution in [2.75, 3.05) is 20.3 Å². The Bertz CT molecular complexity index is 1350. The number of nitrogens with zero attached hydrogens (tertiary/aromatic N) is 1. The van der Waals surface area contributed by atoms with Gasteiger partial charge in [0.2, 0.25) is 11.8 Å². The molecule has 1 aliphatic rings. The molecule has 11 heteroatoms. The monoisotopic (exact) mass is 766 g/mol. The molecule has 3 rings (SSSR count). The van der Waals surface area contributed by atoms with Crippen molar-refractivity contribution in [2.45, 2.75) is 102 Å². The highest BCUT2D eigenvalue weighted by Crippen LogP contribution is 2.37. The molecule has 0 saturated heterocycles. The summed E-state index contributed by atoms with van der Waals surface area (Å²) in [4.78, 5) is 40.0. The minimum Gasteiger partial charge on any atom is -0.493 e. The molecular formula is C36H48FIN2O7. The van der Waals surface area contributed by atoms with Crippen molar-refractivity contribution in [3.05, 3.63) is 68.6 Å². The second kappa shape index (κ2) is 20.4. The van der Waals surface area contributed by atoms with Crippen LogP contribution in [0.3, 0.4) is 0 Å². The van der Waals surface area contributed by atoms with Crippen molar-refractivity contribution in [1.82, 2.24) is 10.2 Å². The van der Waals surface area contributed by atoms with E-state index in [4.69, 9.17) is 9.47 Å². The van der Waals surface area contributed by atoms with Gasteiger partial charge in [-0.05, 0) is 53.3 Å². The number of hydrogen-bond acceptors (Lipinski definition) is 7. The van der Waals surface area contributed by atoms with Gasteiger partial charge in [-0.15, -0.1) is 0 Å². The molecular weight excluding hydrogens is 718 g/mol. The second-order valence-electron chi connectivity index (χ2n) is 11.9. The Labute approximate surface area is 291 Å². The lowest BCUT2D eigenvalue weighted by Gasteiger charge is -2.41. The number of aliphatic hydroxyl groups excluding tert-OH is 2. The van der Waals surface area contributed by atoms with Crippen LogP contribution in [0.4, 0.5) is 4.39 Å². The number of carbonyl (C=O) groups is 3. The maximum absolute atomic E-state index is 14.9. The molecule has 0 heterocycles. The molecule has 0 spiro atoms. The van der Waals surface area contributed by atoms with E-state index in [1.165, 1.54) is 62.3 Å². The summed E-state index contributed by atoms with van der Waals surface area (Å²) in [6.45, 7) is 1.85. The van der Waals surface area contributed by atoms with Crippen LogP contribution in [-0.4, -0.2) is 71.7 Å². The van der Waals surface area contributed by atoms with Gasteiger partial charge < -0.3 is 29.9 Å². The average molecular weight is 767 g/mol.